The monoisotopic (exact) mass is 638 g/mol. The van der Waals surface area contributed by atoms with Crippen LogP contribution in [-0.4, -0.2) is 114 Å². The number of hydrogen-bond acceptors (Lipinski definition) is 14. The van der Waals surface area contributed by atoms with Crippen molar-refractivity contribution in [2.75, 3.05) is 14.2 Å². The van der Waals surface area contributed by atoms with Gasteiger partial charge in [0.1, 0.15) is 46.4 Å². The van der Waals surface area contributed by atoms with Crippen molar-refractivity contribution < 1.29 is 69.5 Å². The second-order valence-electron chi connectivity index (χ2n) is 12.3. The second kappa shape index (κ2) is 10.0. The van der Waals surface area contributed by atoms with E-state index in [0.717, 1.165) is 38.1 Å². The number of carbonyl (C=O) groups excluding carboxylic acids is 4. The maximum Gasteiger partial charge on any atom is 0.194 e. The summed E-state index contributed by atoms with van der Waals surface area (Å²) in [5.41, 5.74) is -10.1. The van der Waals surface area contributed by atoms with Crippen LogP contribution in [0.25, 0.3) is 0 Å². The van der Waals surface area contributed by atoms with Gasteiger partial charge in [0.15, 0.2) is 23.1 Å². The SMILES string of the molecule is COc1cc(O)c2c(c1)C(=O)C1=C(C2=O)[C@H]([C@H]2C3=C(C(=O)c4cc(OC)cc(O)c4C3=O)[C@H](O)[C@](C)(O)[C@H]2O)[C@H](O)[C@@](C)(O)[C@H]1O. The Bertz CT molecular complexity index is 1710. The molecule has 8 N–H and O–H groups in total. The van der Waals surface area contributed by atoms with Crippen molar-refractivity contribution in [3.63, 3.8) is 0 Å². The third kappa shape index (κ3) is 3.85. The highest BCUT2D eigenvalue weighted by Crippen LogP contribution is 2.55. The molecule has 2 aromatic rings. The lowest BCUT2D eigenvalue weighted by molar-refractivity contribution is -0.180. The first kappa shape index (κ1) is 31.5. The molecule has 0 saturated heterocycles. The summed E-state index contributed by atoms with van der Waals surface area (Å²) in [7, 11) is 2.47. The summed E-state index contributed by atoms with van der Waals surface area (Å²) >= 11 is 0. The molecule has 2 aromatic carbocycles. The summed E-state index contributed by atoms with van der Waals surface area (Å²) in [6, 6.07) is 4.31. The van der Waals surface area contributed by atoms with Crippen LogP contribution in [-0.2, 0) is 0 Å². The average Bonchev–Trinajstić information content (AvgIpc) is 3.00. The lowest BCUT2D eigenvalue weighted by Crippen LogP contribution is -2.66. The average molecular weight is 639 g/mol. The number of hydrogen-bond donors (Lipinski definition) is 8. The van der Waals surface area contributed by atoms with E-state index in [0.29, 0.717) is 0 Å². The van der Waals surface area contributed by atoms with E-state index in [2.05, 4.69) is 0 Å². The van der Waals surface area contributed by atoms with Crippen LogP contribution >= 0.6 is 0 Å². The molecular formula is C32H30O14. The van der Waals surface area contributed by atoms with Gasteiger partial charge in [-0.15, -0.1) is 0 Å². The predicted octanol–water partition coefficient (Wildman–Crippen LogP) is -0.628. The summed E-state index contributed by atoms with van der Waals surface area (Å²) in [6.07, 6.45) is -8.97. The van der Waals surface area contributed by atoms with Gasteiger partial charge >= 0.3 is 0 Å². The zero-order valence-electron chi connectivity index (χ0n) is 24.8. The molecule has 242 valence electrons. The first-order chi connectivity index (χ1) is 21.4. The molecule has 0 heterocycles. The minimum absolute atomic E-state index is 0.0287. The normalized spacial score (nSPS) is 33.8. The van der Waals surface area contributed by atoms with Crippen LogP contribution in [0.15, 0.2) is 46.6 Å². The Morgan fingerprint density at radius 3 is 1.20 bits per heavy atom. The Kier molecular flexibility index (Phi) is 6.88. The second-order valence-corrected chi connectivity index (χ2v) is 12.3. The molecule has 0 fully saturated rings. The molecule has 0 amide bonds. The van der Waals surface area contributed by atoms with Crippen molar-refractivity contribution in [1.29, 1.82) is 0 Å². The van der Waals surface area contributed by atoms with E-state index in [1.165, 1.54) is 14.2 Å². The summed E-state index contributed by atoms with van der Waals surface area (Å²) in [5.74, 6) is -9.92. The number of benzene rings is 2. The van der Waals surface area contributed by atoms with Gasteiger partial charge in [-0.05, 0) is 26.0 Å². The van der Waals surface area contributed by atoms with Crippen LogP contribution in [0.1, 0.15) is 55.3 Å². The van der Waals surface area contributed by atoms with Crippen LogP contribution in [0.2, 0.25) is 0 Å². The van der Waals surface area contributed by atoms with E-state index >= 15 is 0 Å². The van der Waals surface area contributed by atoms with Gasteiger partial charge in [-0.2, -0.15) is 0 Å². The number of phenolic OH excluding ortho intramolecular Hbond substituents is 2. The fourth-order valence-electron chi connectivity index (χ4n) is 7.23. The molecule has 0 spiro atoms. The summed E-state index contributed by atoms with van der Waals surface area (Å²) in [6.45, 7) is 1.88. The van der Waals surface area contributed by atoms with Gasteiger partial charge in [0.2, 0.25) is 0 Å². The number of aliphatic hydroxyl groups is 6. The van der Waals surface area contributed by atoms with Gasteiger partial charge in [0.25, 0.3) is 0 Å². The molecule has 0 aromatic heterocycles. The molecule has 0 saturated carbocycles. The fraction of sp³-hybridized carbons (Fsp3) is 0.375. The van der Waals surface area contributed by atoms with Gasteiger partial charge in [-0.25, -0.2) is 0 Å². The largest absolute Gasteiger partial charge is 0.507 e. The molecule has 0 unspecified atom stereocenters. The number of aromatic hydroxyl groups is 2. The lowest BCUT2D eigenvalue weighted by Gasteiger charge is -2.53. The van der Waals surface area contributed by atoms with Crippen LogP contribution in [0.5, 0.6) is 23.0 Å². The summed E-state index contributed by atoms with van der Waals surface area (Å²) in [4.78, 5) is 56.2. The molecule has 6 rings (SSSR count). The van der Waals surface area contributed by atoms with Crippen LogP contribution in [0, 0.1) is 11.8 Å². The first-order valence-corrected chi connectivity index (χ1v) is 14.1. The predicted molar refractivity (Wildman–Crippen MR) is 153 cm³/mol. The molecule has 0 radical (unpaired) electrons. The summed E-state index contributed by atoms with van der Waals surface area (Å²) < 4.78 is 10.2. The highest BCUT2D eigenvalue weighted by Gasteiger charge is 2.64. The van der Waals surface area contributed by atoms with Gasteiger partial charge in [0.05, 0.1) is 37.6 Å². The van der Waals surface area contributed by atoms with E-state index in [9.17, 15) is 60.0 Å². The Morgan fingerprint density at radius 1 is 0.565 bits per heavy atom. The standard InChI is InChI=1S/C32H30O14/c1-31(43)27(39)19(17-21(29(31)41)23(35)11-5-9(45-3)7-13(33)15(11)25(17)37)20-18-22(30(42)32(2,44)28(20)40)24(36)12-6-10(46-4)8-14(34)16(12)26(18)38/h5-8,19-20,27-30,33-34,39-44H,1-4H3/t19-,20-,27+,28+,29+,30+,31-,32-/m1/s1. The quantitative estimate of drug-likeness (QED) is 0.209. The highest BCUT2D eigenvalue weighted by molar-refractivity contribution is 6.30. The molecule has 4 aliphatic carbocycles. The molecule has 0 bridgehead atoms. The van der Waals surface area contributed by atoms with Crippen LogP contribution in [0.4, 0.5) is 0 Å². The van der Waals surface area contributed by atoms with Gasteiger partial charge in [-0.3, -0.25) is 19.2 Å². The van der Waals surface area contributed by atoms with E-state index in [1.54, 1.807) is 0 Å². The number of rotatable bonds is 3. The zero-order valence-corrected chi connectivity index (χ0v) is 24.8. The number of ketones is 4. The van der Waals surface area contributed by atoms with E-state index in [4.69, 9.17) is 9.47 Å². The Balaban J connectivity index is 1.67. The number of Topliss-reactive ketones (excluding diaryl/α,β-unsaturated/α-hetero) is 4. The minimum atomic E-state index is -2.64. The Hall–Kier alpha value is -4.44. The number of ether oxygens (including phenoxy) is 2. The lowest BCUT2D eigenvalue weighted by atomic mass is 9.54. The number of methoxy groups -OCH3 is 2. The highest BCUT2D eigenvalue weighted by atomic mass is 16.5. The summed E-state index contributed by atoms with van der Waals surface area (Å²) in [5, 5.41) is 90.1. The third-order valence-corrected chi connectivity index (χ3v) is 9.74. The van der Waals surface area contributed by atoms with Crippen LogP contribution in [0.3, 0.4) is 0 Å². The smallest absolute Gasteiger partial charge is 0.194 e. The van der Waals surface area contributed by atoms with Crippen molar-refractivity contribution in [2.24, 2.45) is 11.8 Å². The molecule has 4 aliphatic rings. The zero-order chi connectivity index (χ0) is 33.9. The van der Waals surface area contributed by atoms with Crippen molar-refractivity contribution in [3.8, 4) is 23.0 Å². The number of fused-ring (bicyclic) bond motifs is 2. The molecule has 46 heavy (non-hydrogen) atoms. The van der Waals surface area contributed by atoms with E-state index in [1.807, 2.05) is 0 Å². The fourth-order valence-corrected chi connectivity index (χ4v) is 7.23. The number of carbonyl (C=O) groups is 4. The molecule has 14 heteroatoms. The maximum absolute atomic E-state index is 14.2. The van der Waals surface area contributed by atoms with Crippen molar-refractivity contribution in [1.82, 2.24) is 0 Å². The van der Waals surface area contributed by atoms with Crippen LogP contribution < -0.4 is 9.47 Å². The number of phenols is 2. The van der Waals surface area contributed by atoms with Crippen molar-refractivity contribution in [3.05, 3.63) is 68.8 Å². The van der Waals surface area contributed by atoms with Crippen molar-refractivity contribution in [2.45, 2.75) is 49.5 Å². The molecule has 14 nitrogen and oxygen atoms in total. The van der Waals surface area contributed by atoms with Gasteiger partial charge in [0, 0.05) is 57.4 Å². The van der Waals surface area contributed by atoms with E-state index < -0.39 is 127 Å². The van der Waals surface area contributed by atoms with Gasteiger partial charge in [-0.1, -0.05) is 0 Å². The molecule has 0 aliphatic heterocycles. The Morgan fingerprint density at radius 2 is 0.891 bits per heavy atom. The Labute approximate surface area is 260 Å². The number of aliphatic hydroxyl groups excluding tert-OH is 4. The molecule has 8 atom stereocenters. The molecular weight excluding hydrogens is 608 g/mol. The van der Waals surface area contributed by atoms with E-state index in [-0.39, 0.29) is 11.5 Å². The third-order valence-electron chi connectivity index (χ3n) is 9.74. The van der Waals surface area contributed by atoms with Crippen molar-refractivity contribution >= 4 is 23.1 Å². The topological polar surface area (TPSA) is 249 Å². The first-order valence-electron chi connectivity index (χ1n) is 14.1. The van der Waals surface area contributed by atoms with Gasteiger partial charge < -0.3 is 50.3 Å². The maximum atomic E-state index is 14.2. The minimum Gasteiger partial charge on any atom is -0.507 e.